The molecule has 120 valence electrons. The molecule has 1 aromatic carbocycles. The number of anilines is 2. The average molecular weight is 343 g/mol. The molecular formula is C16H11ClN4O3. The van der Waals surface area contributed by atoms with Crippen molar-refractivity contribution in [3.63, 3.8) is 0 Å². The van der Waals surface area contributed by atoms with Gasteiger partial charge in [0.25, 0.3) is 5.69 Å². The highest BCUT2D eigenvalue weighted by Crippen LogP contribution is 2.29. The summed E-state index contributed by atoms with van der Waals surface area (Å²) in [5, 5.41) is 13.9. The molecule has 0 aliphatic carbocycles. The Morgan fingerprint density at radius 3 is 2.71 bits per heavy atom. The smallest absolute Gasteiger partial charge is 0.289 e. The van der Waals surface area contributed by atoms with Crippen LogP contribution in [0.3, 0.4) is 0 Å². The zero-order valence-electron chi connectivity index (χ0n) is 12.2. The van der Waals surface area contributed by atoms with E-state index in [1.54, 1.807) is 42.6 Å². The number of hydrogen-bond donors (Lipinski definition) is 1. The van der Waals surface area contributed by atoms with Crippen molar-refractivity contribution in [2.45, 2.75) is 0 Å². The van der Waals surface area contributed by atoms with Crippen molar-refractivity contribution in [3.05, 3.63) is 76.1 Å². The molecule has 8 heteroatoms. The molecule has 0 bridgehead atoms. The summed E-state index contributed by atoms with van der Waals surface area (Å²) in [4.78, 5) is 18.2. The van der Waals surface area contributed by atoms with Crippen molar-refractivity contribution in [2.75, 3.05) is 5.32 Å². The van der Waals surface area contributed by atoms with Gasteiger partial charge in [-0.1, -0.05) is 23.7 Å². The van der Waals surface area contributed by atoms with Gasteiger partial charge in [0.05, 0.1) is 9.95 Å². The van der Waals surface area contributed by atoms with Crippen molar-refractivity contribution in [1.82, 2.24) is 9.97 Å². The van der Waals surface area contributed by atoms with E-state index in [4.69, 9.17) is 16.3 Å². The van der Waals surface area contributed by atoms with Crippen molar-refractivity contribution in [1.29, 1.82) is 0 Å². The maximum atomic E-state index is 10.7. The molecule has 0 spiro atoms. The van der Waals surface area contributed by atoms with Crippen LogP contribution in [0, 0.1) is 10.1 Å². The topological polar surface area (TPSA) is 90.2 Å². The van der Waals surface area contributed by atoms with Gasteiger partial charge in [0.2, 0.25) is 5.88 Å². The quantitative estimate of drug-likeness (QED) is 0.539. The second-order valence-electron chi connectivity index (χ2n) is 4.70. The number of nitrogens with zero attached hydrogens (tertiary/aromatic N) is 3. The highest BCUT2D eigenvalue weighted by Gasteiger charge is 2.11. The van der Waals surface area contributed by atoms with Gasteiger partial charge in [-0.25, -0.2) is 9.97 Å². The third-order valence-corrected chi connectivity index (χ3v) is 3.28. The SMILES string of the molecule is O=[N+]([O-])c1cnc(Nc2cccc(Oc3ccccn3)c2)c(Cl)c1. The summed E-state index contributed by atoms with van der Waals surface area (Å²) in [6.45, 7) is 0. The Morgan fingerprint density at radius 1 is 1.12 bits per heavy atom. The monoisotopic (exact) mass is 342 g/mol. The number of ether oxygens (including phenoxy) is 1. The molecule has 0 radical (unpaired) electrons. The van der Waals surface area contributed by atoms with Gasteiger partial charge in [-0.05, 0) is 18.2 Å². The maximum absolute atomic E-state index is 10.7. The average Bonchev–Trinajstić information content (AvgIpc) is 2.58. The van der Waals surface area contributed by atoms with Crippen molar-refractivity contribution in [2.24, 2.45) is 0 Å². The lowest BCUT2D eigenvalue weighted by Crippen LogP contribution is -1.97. The van der Waals surface area contributed by atoms with E-state index in [-0.39, 0.29) is 10.7 Å². The van der Waals surface area contributed by atoms with Gasteiger partial charge in [-0.15, -0.1) is 0 Å². The van der Waals surface area contributed by atoms with Crippen molar-refractivity contribution >= 4 is 28.8 Å². The van der Waals surface area contributed by atoms with Crippen LogP contribution in [0.1, 0.15) is 0 Å². The second kappa shape index (κ2) is 6.93. The van der Waals surface area contributed by atoms with Crippen LogP contribution < -0.4 is 10.1 Å². The molecule has 0 aliphatic rings. The Hall–Kier alpha value is -3.19. The Bertz CT molecular complexity index is 874. The van der Waals surface area contributed by atoms with Gasteiger partial charge in [0.1, 0.15) is 17.8 Å². The number of pyridine rings is 2. The number of nitro groups is 1. The first kappa shape index (κ1) is 15.7. The van der Waals surface area contributed by atoms with E-state index >= 15 is 0 Å². The third kappa shape index (κ3) is 3.76. The van der Waals surface area contributed by atoms with Crippen molar-refractivity contribution < 1.29 is 9.66 Å². The van der Waals surface area contributed by atoms with Crippen LogP contribution in [0.5, 0.6) is 11.6 Å². The first-order valence-electron chi connectivity index (χ1n) is 6.88. The predicted octanol–water partition coefficient (Wildman–Crippen LogP) is 4.57. The highest BCUT2D eigenvalue weighted by molar-refractivity contribution is 6.33. The lowest BCUT2D eigenvalue weighted by molar-refractivity contribution is -0.385. The molecule has 1 N–H and O–H groups in total. The lowest BCUT2D eigenvalue weighted by Gasteiger charge is -2.09. The lowest BCUT2D eigenvalue weighted by atomic mass is 10.3. The summed E-state index contributed by atoms with van der Waals surface area (Å²) in [6, 6.07) is 13.7. The van der Waals surface area contributed by atoms with Crippen LogP contribution in [-0.2, 0) is 0 Å². The van der Waals surface area contributed by atoms with E-state index in [9.17, 15) is 10.1 Å². The Morgan fingerprint density at radius 2 is 2.00 bits per heavy atom. The first-order chi connectivity index (χ1) is 11.6. The summed E-state index contributed by atoms with van der Waals surface area (Å²) in [5.74, 6) is 1.37. The van der Waals surface area contributed by atoms with E-state index < -0.39 is 4.92 Å². The van der Waals surface area contributed by atoms with Gasteiger partial charge in [0.15, 0.2) is 0 Å². The minimum absolute atomic E-state index is 0.153. The van der Waals surface area contributed by atoms with Crippen LogP contribution in [0.25, 0.3) is 0 Å². The normalized spacial score (nSPS) is 10.2. The summed E-state index contributed by atoms with van der Waals surface area (Å²) < 4.78 is 5.64. The molecule has 0 saturated carbocycles. The van der Waals surface area contributed by atoms with Crippen LogP contribution in [0.2, 0.25) is 5.02 Å². The van der Waals surface area contributed by atoms with Gasteiger partial charge >= 0.3 is 0 Å². The van der Waals surface area contributed by atoms with Crippen LogP contribution >= 0.6 is 11.6 Å². The molecule has 3 aromatic rings. The fourth-order valence-corrected chi connectivity index (χ4v) is 2.13. The zero-order valence-corrected chi connectivity index (χ0v) is 13.0. The Balaban J connectivity index is 1.78. The van der Waals surface area contributed by atoms with E-state index in [1.807, 2.05) is 6.07 Å². The number of halogens is 1. The predicted molar refractivity (Wildman–Crippen MR) is 89.9 cm³/mol. The number of nitrogens with one attached hydrogen (secondary N) is 1. The molecule has 0 amide bonds. The molecule has 0 aliphatic heterocycles. The molecule has 0 saturated heterocycles. The zero-order chi connectivity index (χ0) is 16.9. The largest absolute Gasteiger partial charge is 0.439 e. The number of aromatic nitrogens is 2. The van der Waals surface area contributed by atoms with E-state index in [0.717, 1.165) is 6.20 Å². The van der Waals surface area contributed by atoms with Crippen LogP contribution in [0.15, 0.2) is 60.9 Å². The fourth-order valence-electron chi connectivity index (χ4n) is 1.92. The van der Waals surface area contributed by atoms with Crippen LogP contribution in [-0.4, -0.2) is 14.9 Å². The molecule has 24 heavy (non-hydrogen) atoms. The third-order valence-electron chi connectivity index (χ3n) is 2.99. The number of benzene rings is 1. The Kier molecular flexibility index (Phi) is 4.53. The van der Waals surface area contributed by atoms with Gasteiger partial charge < -0.3 is 10.1 Å². The van der Waals surface area contributed by atoms with E-state index in [1.165, 1.54) is 6.07 Å². The molecule has 2 heterocycles. The fraction of sp³-hybridized carbons (Fsp3) is 0. The standard InChI is InChI=1S/C16H11ClN4O3/c17-14-9-12(21(22)23)10-19-16(14)20-11-4-3-5-13(8-11)24-15-6-1-2-7-18-15/h1-10H,(H,19,20). The molecule has 3 rings (SSSR count). The summed E-state index contributed by atoms with van der Waals surface area (Å²) in [5.41, 5.74) is 0.504. The summed E-state index contributed by atoms with van der Waals surface area (Å²) >= 11 is 6.02. The van der Waals surface area contributed by atoms with Gasteiger partial charge in [-0.3, -0.25) is 10.1 Å². The first-order valence-corrected chi connectivity index (χ1v) is 7.25. The molecule has 2 aromatic heterocycles. The minimum atomic E-state index is -0.552. The number of rotatable bonds is 5. The van der Waals surface area contributed by atoms with E-state index in [0.29, 0.717) is 23.1 Å². The minimum Gasteiger partial charge on any atom is -0.439 e. The second-order valence-corrected chi connectivity index (χ2v) is 5.11. The van der Waals surface area contributed by atoms with Crippen molar-refractivity contribution in [3.8, 4) is 11.6 Å². The van der Waals surface area contributed by atoms with E-state index in [2.05, 4.69) is 15.3 Å². The molecular weight excluding hydrogens is 332 g/mol. The summed E-state index contributed by atoms with van der Waals surface area (Å²) in [6.07, 6.45) is 2.78. The molecule has 0 unspecified atom stereocenters. The Labute approximate surface area is 142 Å². The maximum Gasteiger partial charge on any atom is 0.289 e. The molecule has 0 atom stereocenters. The highest BCUT2D eigenvalue weighted by atomic mass is 35.5. The number of hydrogen-bond acceptors (Lipinski definition) is 6. The van der Waals surface area contributed by atoms with Gasteiger partial charge in [-0.2, -0.15) is 0 Å². The van der Waals surface area contributed by atoms with Gasteiger partial charge in [0, 0.05) is 30.1 Å². The molecule has 7 nitrogen and oxygen atoms in total. The molecule has 0 fully saturated rings. The summed E-state index contributed by atoms with van der Waals surface area (Å²) in [7, 11) is 0. The van der Waals surface area contributed by atoms with Crippen LogP contribution in [0.4, 0.5) is 17.2 Å².